The van der Waals surface area contributed by atoms with Crippen LogP contribution in [-0.4, -0.2) is 35.5 Å². The molecule has 0 amide bonds. The van der Waals surface area contributed by atoms with Crippen molar-refractivity contribution >= 4 is 15.9 Å². The summed E-state index contributed by atoms with van der Waals surface area (Å²) in [5.41, 5.74) is 1.12. The second-order valence-electron chi connectivity index (χ2n) is 4.58. The summed E-state index contributed by atoms with van der Waals surface area (Å²) in [5, 5.41) is 11.3. The smallest absolute Gasteiger partial charge is 0.161 e. The summed E-state index contributed by atoms with van der Waals surface area (Å²) in [6, 6.07) is 3.89. The molecule has 0 bridgehead atoms. The Bertz CT molecular complexity index is 601. The summed E-state index contributed by atoms with van der Waals surface area (Å²) in [4.78, 5) is 0. The Hall–Kier alpha value is -1.60. The van der Waals surface area contributed by atoms with Crippen LogP contribution in [0.1, 0.15) is 11.4 Å². The van der Waals surface area contributed by atoms with Crippen molar-refractivity contribution in [3.05, 3.63) is 34.3 Å². The molecule has 0 fully saturated rings. The van der Waals surface area contributed by atoms with Gasteiger partial charge >= 0.3 is 0 Å². The number of benzene rings is 1. The summed E-state index contributed by atoms with van der Waals surface area (Å²) in [7, 11) is 5.21. The van der Waals surface area contributed by atoms with E-state index in [-0.39, 0.29) is 0 Å². The number of nitrogens with one attached hydrogen (secondary N) is 1. The van der Waals surface area contributed by atoms with Gasteiger partial charge in [0.15, 0.2) is 11.5 Å². The molecule has 1 heterocycles. The molecule has 0 saturated heterocycles. The van der Waals surface area contributed by atoms with E-state index in [1.54, 1.807) is 20.5 Å². The Kier molecular flexibility index (Phi) is 5.58. The first kappa shape index (κ1) is 15.8. The molecule has 0 radical (unpaired) electrons. The average Bonchev–Trinajstić information content (AvgIpc) is 2.89. The number of hydrogen-bond acceptors (Lipinski definition) is 5. The Morgan fingerprint density at radius 2 is 1.95 bits per heavy atom. The van der Waals surface area contributed by atoms with E-state index in [1.807, 2.05) is 23.7 Å². The normalized spacial score (nSPS) is 10.7. The van der Waals surface area contributed by atoms with Gasteiger partial charge in [-0.15, -0.1) is 10.2 Å². The van der Waals surface area contributed by atoms with Crippen LogP contribution in [0.25, 0.3) is 0 Å². The third kappa shape index (κ3) is 3.95. The van der Waals surface area contributed by atoms with Gasteiger partial charge in [0, 0.05) is 31.0 Å². The van der Waals surface area contributed by atoms with E-state index in [4.69, 9.17) is 9.47 Å². The number of nitrogens with zero attached hydrogens (tertiary/aromatic N) is 3. The lowest BCUT2D eigenvalue weighted by Crippen LogP contribution is -2.18. The lowest BCUT2D eigenvalue weighted by atomic mass is 10.2. The van der Waals surface area contributed by atoms with Crippen molar-refractivity contribution in [2.45, 2.75) is 13.0 Å². The Morgan fingerprint density at radius 3 is 2.57 bits per heavy atom. The predicted octanol–water partition coefficient (Wildman–Crippen LogP) is 1.93. The van der Waals surface area contributed by atoms with E-state index in [2.05, 4.69) is 31.4 Å². The van der Waals surface area contributed by atoms with Crippen LogP contribution in [0.4, 0.5) is 0 Å². The highest BCUT2D eigenvalue weighted by Gasteiger charge is 2.09. The minimum Gasteiger partial charge on any atom is -0.493 e. The number of halogens is 1. The quantitative estimate of drug-likeness (QED) is 0.769. The number of hydrogen-bond donors (Lipinski definition) is 1. The Morgan fingerprint density at radius 1 is 1.24 bits per heavy atom. The van der Waals surface area contributed by atoms with E-state index >= 15 is 0 Å². The summed E-state index contributed by atoms with van der Waals surface area (Å²) < 4.78 is 13.5. The van der Waals surface area contributed by atoms with Gasteiger partial charge in [0.1, 0.15) is 12.2 Å². The Balaban J connectivity index is 1.92. The lowest BCUT2D eigenvalue weighted by molar-refractivity contribution is 0.354. The van der Waals surface area contributed by atoms with Crippen molar-refractivity contribution in [3.8, 4) is 11.5 Å². The van der Waals surface area contributed by atoms with Crippen LogP contribution in [0.5, 0.6) is 11.5 Å². The maximum absolute atomic E-state index is 5.32. The monoisotopic (exact) mass is 354 g/mol. The molecule has 0 atom stereocenters. The zero-order chi connectivity index (χ0) is 15.2. The molecule has 1 N–H and O–H groups in total. The van der Waals surface area contributed by atoms with E-state index in [1.165, 1.54) is 0 Å². The van der Waals surface area contributed by atoms with Crippen molar-refractivity contribution in [3.63, 3.8) is 0 Å². The molecular formula is C14H19BrN4O2. The molecular weight excluding hydrogens is 336 g/mol. The van der Waals surface area contributed by atoms with Gasteiger partial charge in [-0.1, -0.05) is 15.9 Å². The van der Waals surface area contributed by atoms with Gasteiger partial charge in [-0.05, 0) is 17.7 Å². The fourth-order valence-electron chi connectivity index (χ4n) is 1.99. The van der Waals surface area contributed by atoms with E-state index in [0.717, 1.165) is 41.1 Å². The minimum absolute atomic E-state index is 0.715. The summed E-state index contributed by atoms with van der Waals surface area (Å²) in [5.74, 6) is 2.41. The van der Waals surface area contributed by atoms with Crippen molar-refractivity contribution in [2.75, 3.05) is 20.8 Å². The third-order valence-electron chi connectivity index (χ3n) is 3.20. The summed E-state index contributed by atoms with van der Waals surface area (Å²) >= 11 is 3.55. The molecule has 6 nitrogen and oxygen atoms in total. The van der Waals surface area contributed by atoms with Gasteiger partial charge in [-0.3, -0.25) is 0 Å². The van der Waals surface area contributed by atoms with Crippen LogP contribution in [0.2, 0.25) is 0 Å². The fraction of sp³-hybridized carbons (Fsp3) is 0.429. The lowest BCUT2D eigenvalue weighted by Gasteiger charge is -2.12. The fourth-order valence-corrected chi connectivity index (χ4v) is 2.45. The molecule has 21 heavy (non-hydrogen) atoms. The van der Waals surface area contributed by atoms with Crippen LogP contribution < -0.4 is 14.8 Å². The topological polar surface area (TPSA) is 61.2 Å². The largest absolute Gasteiger partial charge is 0.493 e. The summed E-state index contributed by atoms with van der Waals surface area (Å²) in [6.45, 7) is 1.56. The molecule has 0 aliphatic carbocycles. The van der Waals surface area contributed by atoms with Gasteiger partial charge in [0.2, 0.25) is 0 Å². The van der Waals surface area contributed by atoms with Crippen LogP contribution in [0.15, 0.2) is 22.9 Å². The zero-order valence-electron chi connectivity index (χ0n) is 12.4. The van der Waals surface area contributed by atoms with Gasteiger partial charge in [-0.25, -0.2) is 0 Å². The number of aryl methyl sites for hydroxylation is 1. The van der Waals surface area contributed by atoms with E-state index in [9.17, 15) is 0 Å². The van der Waals surface area contributed by atoms with Crippen molar-refractivity contribution in [2.24, 2.45) is 7.05 Å². The molecule has 0 aliphatic rings. The maximum Gasteiger partial charge on any atom is 0.161 e. The number of rotatable bonds is 7. The highest BCUT2D eigenvalue weighted by atomic mass is 79.9. The molecule has 0 spiro atoms. The first-order chi connectivity index (χ1) is 10.2. The van der Waals surface area contributed by atoms with Crippen LogP contribution in [-0.2, 0) is 20.0 Å². The van der Waals surface area contributed by atoms with Crippen LogP contribution in [0, 0.1) is 0 Å². The van der Waals surface area contributed by atoms with Gasteiger partial charge < -0.3 is 19.4 Å². The molecule has 0 saturated carbocycles. The Labute approximate surface area is 132 Å². The van der Waals surface area contributed by atoms with E-state index < -0.39 is 0 Å². The summed E-state index contributed by atoms with van der Waals surface area (Å²) in [6.07, 6.45) is 2.54. The minimum atomic E-state index is 0.715. The molecule has 7 heteroatoms. The second kappa shape index (κ2) is 7.42. The highest BCUT2D eigenvalue weighted by molar-refractivity contribution is 9.10. The van der Waals surface area contributed by atoms with Crippen LogP contribution in [0.3, 0.4) is 0 Å². The van der Waals surface area contributed by atoms with Crippen molar-refractivity contribution < 1.29 is 9.47 Å². The molecule has 1 aromatic carbocycles. The van der Waals surface area contributed by atoms with Crippen LogP contribution >= 0.6 is 15.9 Å². The number of ether oxygens (including phenoxy) is 2. The van der Waals surface area contributed by atoms with Gasteiger partial charge in [0.25, 0.3) is 0 Å². The van der Waals surface area contributed by atoms with Gasteiger partial charge in [0.05, 0.1) is 14.2 Å². The molecule has 2 aromatic rings. The molecule has 114 valence electrons. The first-order valence-electron chi connectivity index (χ1n) is 6.59. The third-order valence-corrected chi connectivity index (χ3v) is 3.94. The van der Waals surface area contributed by atoms with E-state index in [0.29, 0.717) is 5.75 Å². The molecule has 0 aliphatic heterocycles. The predicted molar refractivity (Wildman–Crippen MR) is 83.7 cm³/mol. The number of aromatic nitrogens is 3. The maximum atomic E-state index is 5.32. The SMILES string of the molecule is COc1cc(Br)c(CNCCc2nncn2C)cc1OC. The number of methoxy groups -OCH3 is 2. The standard InChI is InChI=1S/C14H19BrN4O2/c1-19-9-17-18-14(19)4-5-16-8-10-6-12(20-2)13(21-3)7-11(10)15/h6-7,9,16H,4-5,8H2,1-3H3. The molecule has 0 unspecified atom stereocenters. The first-order valence-corrected chi connectivity index (χ1v) is 7.39. The van der Waals surface area contributed by atoms with Crippen molar-refractivity contribution in [1.82, 2.24) is 20.1 Å². The highest BCUT2D eigenvalue weighted by Crippen LogP contribution is 2.33. The second-order valence-corrected chi connectivity index (χ2v) is 5.44. The zero-order valence-corrected chi connectivity index (χ0v) is 14.0. The average molecular weight is 355 g/mol. The molecule has 2 rings (SSSR count). The molecule has 1 aromatic heterocycles. The van der Waals surface area contributed by atoms with Gasteiger partial charge in [-0.2, -0.15) is 0 Å². The van der Waals surface area contributed by atoms with Crippen molar-refractivity contribution in [1.29, 1.82) is 0 Å².